The maximum atomic E-state index is 10.9. The Hall–Kier alpha value is -1.65. The van der Waals surface area contributed by atoms with Crippen LogP contribution in [-0.2, 0) is 4.79 Å². The topological polar surface area (TPSA) is 66.3 Å². The standard InChI is InChI=1S/C9H11N3O2/c13-9(14)8-2-1-5-12(8)7-3-4-10-11-6-7/h3-4,6,8H,1-2,5H2,(H,13,14)/t8-/m0/s1. The van der Waals surface area contributed by atoms with Crippen molar-refractivity contribution in [2.24, 2.45) is 0 Å². The Morgan fingerprint density at radius 2 is 2.43 bits per heavy atom. The third-order valence-corrected chi connectivity index (χ3v) is 2.44. The summed E-state index contributed by atoms with van der Waals surface area (Å²) in [4.78, 5) is 12.8. The summed E-state index contributed by atoms with van der Waals surface area (Å²) in [6.07, 6.45) is 4.80. The van der Waals surface area contributed by atoms with E-state index in [0.717, 1.165) is 18.7 Å². The summed E-state index contributed by atoms with van der Waals surface area (Å²) < 4.78 is 0. The Morgan fingerprint density at radius 1 is 1.57 bits per heavy atom. The number of nitrogens with zero attached hydrogens (tertiary/aromatic N) is 3. The van der Waals surface area contributed by atoms with E-state index in [1.165, 1.54) is 0 Å². The summed E-state index contributed by atoms with van der Waals surface area (Å²) >= 11 is 0. The fraction of sp³-hybridized carbons (Fsp3) is 0.444. The first-order chi connectivity index (χ1) is 6.79. The number of hydrogen-bond acceptors (Lipinski definition) is 4. The lowest BCUT2D eigenvalue weighted by molar-refractivity contribution is -0.138. The Kier molecular flexibility index (Phi) is 2.30. The number of aromatic nitrogens is 2. The van der Waals surface area contributed by atoms with Crippen molar-refractivity contribution >= 4 is 11.7 Å². The quantitative estimate of drug-likeness (QED) is 0.742. The molecule has 1 aromatic heterocycles. The predicted molar refractivity (Wildman–Crippen MR) is 50.0 cm³/mol. The van der Waals surface area contributed by atoms with Crippen molar-refractivity contribution in [3.8, 4) is 0 Å². The van der Waals surface area contributed by atoms with Crippen LogP contribution in [-0.4, -0.2) is 33.9 Å². The molecule has 0 saturated carbocycles. The van der Waals surface area contributed by atoms with Crippen LogP contribution < -0.4 is 4.90 Å². The zero-order valence-electron chi connectivity index (χ0n) is 7.63. The molecule has 5 heteroatoms. The van der Waals surface area contributed by atoms with Crippen molar-refractivity contribution in [2.45, 2.75) is 18.9 Å². The molecule has 1 fully saturated rings. The molecular weight excluding hydrogens is 182 g/mol. The van der Waals surface area contributed by atoms with Gasteiger partial charge in [0.1, 0.15) is 6.04 Å². The Balaban J connectivity index is 2.22. The molecule has 1 aliphatic rings. The van der Waals surface area contributed by atoms with Crippen molar-refractivity contribution in [1.29, 1.82) is 0 Å². The van der Waals surface area contributed by atoms with Gasteiger partial charge in [0.25, 0.3) is 0 Å². The molecule has 1 N–H and O–H groups in total. The number of carbonyl (C=O) groups is 1. The lowest BCUT2D eigenvalue weighted by Gasteiger charge is -2.22. The van der Waals surface area contributed by atoms with Crippen LogP contribution in [0.5, 0.6) is 0 Å². The van der Waals surface area contributed by atoms with Crippen LogP contribution in [0.4, 0.5) is 5.69 Å². The monoisotopic (exact) mass is 193 g/mol. The average Bonchev–Trinajstić information content (AvgIpc) is 2.67. The van der Waals surface area contributed by atoms with E-state index in [9.17, 15) is 4.79 Å². The van der Waals surface area contributed by atoms with Crippen LogP contribution in [0, 0.1) is 0 Å². The third kappa shape index (κ3) is 1.53. The highest BCUT2D eigenvalue weighted by atomic mass is 16.4. The second kappa shape index (κ2) is 3.61. The summed E-state index contributed by atoms with van der Waals surface area (Å²) in [6.45, 7) is 0.780. The molecule has 0 amide bonds. The highest BCUT2D eigenvalue weighted by molar-refractivity contribution is 5.78. The van der Waals surface area contributed by atoms with Gasteiger partial charge in [-0.05, 0) is 18.9 Å². The molecule has 74 valence electrons. The SMILES string of the molecule is O=C(O)[C@@H]1CCCN1c1ccnnc1. The van der Waals surface area contributed by atoms with Crippen LogP contribution in [0.1, 0.15) is 12.8 Å². The molecular formula is C9H11N3O2. The van der Waals surface area contributed by atoms with Gasteiger partial charge in [-0.3, -0.25) is 0 Å². The number of carboxylic acids is 1. The van der Waals surface area contributed by atoms with E-state index in [1.54, 1.807) is 18.5 Å². The van der Waals surface area contributed by atoms with Crippen molar-refractivity contribution in [1.82, 2.24) is 10.2 Å². The van der Waals surface area contributed by atoms with Crippen LogP contribution in [0.25, 0.3) is 0 Å². The van der Waals surface area contributed by atoms with E-state index in [1.807, 2.05) is 4.90 Å². The fourth-order valence-corrected chi connectivity index (χ4v) is 1.79. The molecule has 2 rings (SSSR count). The minimum absolute atomic E-state index is 0.404. The van der Waals surface area contributed by atoms with Crippen molar-refractivity contribution in [3.05, 3.63) is 18.5 Å². The summed E-state index contributed by atoms with van der Waals surface area (Å²) in [5.41, 5.74) is 0.838. The molecule has 1 atom stereocenters. The highest BCUT2D eigenvalue weighted by Gasteiger charge is 2.30. The molecule has 0 aromatic carbocycles. The highest BCUT2D eigenvalue weighted by Crippen LogP contribution is 2.24. The Bertz CT molecular complexity index is 328. The van der Waals surface area contributed by atoms with E-state index in [2.05, 4.69) is 10.2 Å². The molecule has 1 aromatic rings. The van der Waals surface area contributed by atoms with Gasteiger partial charge >= 0.3 is 5.97 Å². The number of hydrogen-bond donors (Lipinski definition) is 1. The molecule has 5 nitrogen and oxygen atoms in total. The van der Waals surface area contributed by atoms with Gasteiger partial charge in [0, 0.05) is 6.54 Å². The van der Waals surface area contributed by atoms with Crippen LogP contribution >= 0.6 is 0 Å². The number of rotatable bonds is 2. The van der Waals surface area contributed by atoms with E-state index < -0.39 is 12.0 Å². The molecule has 1 aliphatic heterocycles. The van der Waals surface area contributed by atoms with Gasteiger partial charge in [-0.2, -0.15) is 10.2 Å². The first-order valence-corrected chi connectivity index (χ1v) is 4.55. The van der Waals surface area contributed by atoms with Crippen LogP contribution in [0.15, 0.2) is 18.5 Å². The van der Waals surface area contributed by atoms with E-state index in [4.69, 9.17) is 5.11 Å². The van der Waals surface area contributed by atoms with Crippen LogP contribution in [0.2, 0.25) is 0 Å². The number of carboxylic acid groups (broad SMARTS) is 1. The minimum atomic E-state index is -0.765. The lowest BCUT2D eigenvalue weighted by atomic mass is 10.2. The molecule has 0 aliphatic carbocycles. The van der Waals surface area contributed by atoms with E-state index in [0.29, 0.717) is 6.42 Å². The summed E-state index contributed by atoms with van der Waals surface area (Å²) in [5, 5.41) is 16.4. The maximum absolute atomic E-state index is 10.9. The molecule has 0 bridgehead atoms. The largest absolute Gasteiger partial charge is 0.480 e. The fourth-order valence-electron chi connectivity index (χ4n) is 1.79. The minimum Gasteiger partial charge on any atom is -0.480 e. The predicted octanol–water partition coefficient (Wildman–Crippen LogP) is 0.530. The Labute approximate surface area is 81.4 Å². The molecule has 0 unspecified atom stereocenters. The second-order valence-corrected chi connectivity index (χ2v) is 3.29. The van der Waals surface area contributed by atoms with Gasteiger partial charge in [0.2, 0.25) is 0 Å². The lowest BCUT2D eigenvalue weighted by Crippen LogP contribution is -2.35. The molecule has 0 spiro atoms. The van der Waals surface area contributed by atoms with E-state index >= 15 is 0 Å². The van der Waals surface area contributed by atoms with Crippen LogP contribution in [0.3, 0.4) is 0 Å². The first-order valence-electron chi connectivity index (χ1n) is 4.55. The third-order valence-electron chi connectivity index (χ3n) is 2.44. The van der Waals surface area contributed by atoms with Crippen molar-refractivity contribution in [3.63, 3.8) is 0 Å². The maximum Gasteiger partial charge on any atom is 0.326 e. The summed E-state index contributed by atoms with van der Waals surface area (Å²) in [7, 11) is 0. The normalized spacial score (nSPS) is 21.1. The van der Waals surface area contributed by atoms with E-state index in [-0.39, 0.29) is 0 Å². The Morgan fingerprint density at radius 3 is 3.07 bits per heavy atom. The second-order valence-electron chi connectivity index (χ2n) is 3.29. The summed E-state index contributed by atoms with van der Waals surface area (Å²) in [6, 6.07) is 1.38. The first kappa shape index (κ1) is 8.93. The molecule has 0 radical (unpaired) electrons. The molecule has 14 heavy (non-hydrogen) atoms. The van der Waals surface area contributed by atoms with Gasteiger partial charge in [-0.25, -0.2) is 4.79 Å². The average molecular weight is 193 g/mol. The molecule has 2 heterocycles. The van der Waals surface area contributed by atoms with Gasteiger partial charge in [0.15, 0.2) is 0 Å². The molecule has 1 saturated heterocycles. The smallest absolute Gasteiger partial charge is 0.326 e. The zero-order valence-corrected chi connectivity index (χ0v) is 7.63. The summed E-state index contributed by atoms with van der Waals surface area (Å²) in [5.74, 6) is -0.765. The van der Waals surface area contributed by atoms with Crippen molar-refractivity contribution in [2.75, 3.05) is 11.4 Å². The van der Waals surface area contributed by atoms with Gasteiger partial charge in [-0.15, -0.1) is 0 Å². The van der Waals surface area contributed by atoms with Gasteiger partial charge < -0.3 is 10.0 Å². The number of aliphatic carboxylic acids is 1. The zero-order chi connectivity index (χ0) is 9.97. The van der Waals surface area contributed by atoms with Crippen molar-refractivity contribution < 1.29 is 9.90 Å². The van der Waals surface area contributed by atoms with Gasteiger partial charge in [-0.1, -0.05) is 0 Å². The van der Waals surface area contributed by atoms with Gasteiger partial charge in [0.05, 0.1) is 18.1 Å². The number of anilines is 1.